The molecule has 0 heterocycles. The molecule has 0 aliphatic carbocycles. The lowest BCUT2D eigenvalue weighted by atomic mass is 10.0. The average Bonchev–Trinajstić information content (AvgIpc) is 2.13. The Balaban J connectivity index is 3.99. The average molecular weight is 182 g/mol. The molecule has 0 bridgehead atoms. The number of amides is 1. The van der Waals surface area contributed by atoms with E-state index in [1.807, 2.05) is 13.0 Å². The van der Waals surface area contributed by atoms with Crippen molar-refractivity contribution < 1.29 is 4.79 Å². The van der Waals surface area contributed by atoms with Crippen molar-refractivity contribution in [3.63, 3.8) is 0 Å². The Kier molecular flexibility index (Phi) is 5.96. The van der Waals surface area contributed by atoms with Gasteiger partial charge in [-0.3, -0.25) is 4.79 Å². The van der Waals surface area contributed by atoms with Gasteiger partial charge in [-0.2, -0.15) is 5.26 Å². The van der Waals surface area contributed by atoms with E-state index >= 15 is 0 Å². The first kappa shape index (κ1) is 12.0. The molecule has 0 aromatic heterocycles. The first-order valence-electron chi connectivity index (χ1n) is 4.80. The van der Waals surface area contributed by atoms with Crippen molar-refractivity contribution in [2.75, 3.05) is 13.1 Å². The highest BCUT2D eigenvalue weighted by molar-refractivity contribution is 5.76. The summed E-state index contributed by atoms with van der Waals surface area (Å²) in [5.41, 5.74) is 0. The fourth-order valence-electron chi connectivity index (χ4n) is 1.03. The molecule has 0 saturated carbocycles. The number of nitriles is 1. The van der Waals surface area contributed by atoms with Crippen molar-refractivity contribution in [3.8, 4) is 6.07 Å². The summed E-state index contributed by atoms with van der Waals surface area (Å²) in [5, 5.41) is 8.46. The van der Waals surface area contributed by atoms with E-state index in [-0.39, 0.29) is 12.5 Å². The molecule has 0 radical (unpaired) electrons. The minimum Gasteiger partial charge on any atom is -0.330 e. The molecular formula is C10H18N2O. The normalized spacial score (nSPS) is 11.8. The van der Waals surface area contributed by atoms with Gasteiger partial charge in [-0.25, -0.2) is 0 Å². The summed E-state index contributed by atoms with van der Waals surface area (Å²) in [6.07, 6.45) is 1.57. The quantitative estimate of drug-likeness (QED) is 0.608. The topological polar surface area (TPSA) is 44.1 Å². The van der Waals surface area contributed by atoms with E-state index in [1.54, 1.807) is 4.90 Å². The van der Waals surface area contributed by atoms with Crippen LogP contribution in [0.1, 0.15) is 33.6 Å². The van der Waals surface area contributed by atoms with Crippen LogP contribution in [-0.4, -0.2) is 23.9 Å². The molecule has 1 atom stereocenters. The molecule has 13 heavy (non-hydrogen) atoms. The number of nitrogens with zero attached hydrogens (tertiary/aromatic N) is 2. The Morgan fingerprint density at radius 1 is 1.54 bits per heavy atom. The molecule has 0 rings (SSSR count). The molecule has 1 unspecified atom stereocenters. The Morgan fingerprint density at radius 2 is 2.15 bits per heavy atom. The smallest absolute Gasteiger partial charge is 0.223 e. The van der Waals surface area contributed by atoms with E-state index in [2.05, 4.69) is 13.8 Å². The van der Waals surface area contributed by atoms with Crippen LogP contribution in [0.4, 0.5) is 0 Å². The number of carbonyl (C=O) groups is 1. The molecule has 0 aliphatic rings. The van der Waals surface area contributed by atoms with Gasteiger partial charge >= 0.3 is 0 Å². The second-order valence-electron chi connectivity index (χ2n) is 3.28. The van der Waals surface area contributed by atoms with Crippen LogP contribution in [0.3, 0.4) is 0 Å². The molecule has 0 N–H and O–H groups in total. The lowest BCUT2D eigenvalue weighted by Gasteiger charge is -2.18. The SMILES string of the molecule is CCC(C)CC(=O)N(CC)CC#N. The Morgan fingerprint density at radius 3 is 2.54 bits per heavy atom. The van der Waals surface area contributed by atoms with Crippen LogP contribution in [0.25, 0.3) is 0 Å². The largest absolute Gasteiger partial charge is 0.330 e. The second-order valence-corrected chi connectivity index (χ2v) is 3.28. The standard InChI is InChI=1S/C10H18N2O/c1-4-9(3)8-10(13)12(5-2)7-6-11/h9H,4-5,7-8H2,1-3H3. The summed E-state index contributed by atoms with van der Waals surface area (Å²) >= 11 is 0. The highest BCUT2D eigenvalue weighted by Crippen LogP contribution is 2.08. The van der Waals surface area contributed by atoms with E-state index in [0.717, 1.165) is 6.42 Å². The Hall–Kier alpha value is -1.04. The van der Waals surface area contributed by atoms with E-state index in [9.17, 15) is 4.79 Å². The highest BCUT2D eigenvalue weighted by atomic mass is 16.2. The Bertz CT molecular complexity index is 196. The maximum Gasteiger partial charge on any atom is 0.223 e. The number of hydrogen-bond acceptors (Lipinski definition) is 2. The van der Waals surface area contributed by atoms with Crippen molar-refractivity contribution in [2.45, 2.75) is 33.6 Å². The first-order chi connectivity index (χ1) is 6.15. The molecule has 0 aliphatic heterocycles. The molecule has 0 aromatic rings. The molecule has 1 amide bonds. The molecule has 3 heteroatoms. The van der Waals surface area contributed by atoms with Crippen LogP contribution in [0, 0.1) is 17.2 Å². The van der Waals surface area contributed by atoms with Crippen LogP contribution >= 0.6 is 0 Å². The monoisotopic (exact) mass is 182 g/mol. The number of hydrogen-bond donors (Lipinski definition) is 0. The third kappa shape index (κ3) is 4.51. The maximum absolute atomic E-state index is 11.5. The minimum absolute atomic E-state index is 0.0957. The van der Waals surface area contributed by atoms with Crippen LogP contribution in [0.15, 0.2) is 0 Å². The van der Waals surface area contributed by atoms with Gasteiger partial charge in [-0.05, 0) is 12.8 Å². The maximum atomic E-state index is 11.5. The molecule has 0 fully saturated rings. The fourth-order valence-corrected chi connectivity index (χ4v) is 1.03. The second kappa shape index (κ2) is 6.47. The summed E-state index contributed by atoms with van der Waals surface area (Å²) in [5.74, 6) is 0.513. The van der Waals surface area contributed by atoms with Crippen molar-refractivity contribution in [3.05, 3.63) is 0 Å². The van der Waals surface area contributed by atoms with Gasteiger partial charge in [0.15, 0.2) is 0 Å². The van der Waals surface area contributed by atoms with E-state index in [1.165, 1.54) is 0 Å². The summed E-state index contributed by atoms with van der Waals surface area (Å²) in [6, 6.07) is 2.00. The summed E-state index contributed by atoms with van der Waals surface area (Å²) < 4.78 is 0. The van der Waals surface area contributed by atoms with Crippen LogP contribution in [0.5, 0.6) is 0 Å². The predicted molar refractivity (Wildman–Crippen MR) is 51.9 cm³/mol. The summed E-state index contributed by atoms with van der Waals surface area (Å²) in [4.78, 5) is 13.1. The van der Waals surface area contributed by atoms with Gasteiger partial charge in [0.25, 0.3) is 0 Å². The van der Waals surface area contributed by atoms with E-state index in [0.29, 0.717) is 18.9 Å². The summed E-state index contributed by atoms with van der Waals surface area (Å²) in [6.45, 7) is 6.86. The molecule has 0 spiro atoms. The minimum atomic E-state index is 0.0957. The van der Waals surface area contributed by atoms with Gasteiger partial charge in [-0.15, -0.1) is 0 Å². The van der Waals surface area contributed by atoms with Crippen LogP contribution in [0.2, 0.25) is 0 Å². The third-order valence-electron chi connectivity index (χ3n) is 2.22. The fraction of sp³-hybridized carbons (Fsp3) is 0.800. The van der Waals surface area contributed by atoms with Gasteiger partial charge in [0.05, 0.1) is 6.07 Å². The van der Waals surface area contributed by atoms with Gasteiger partial charge in [0, 0.05) is 13.0 Å². The van der Waals surface area contributed by atoms with Crippen LogP contribution in [-0.2, 0) is 4.79 Å². The highest BCUT2D eigenvalue weighted by Gasteiger charge is 2.13. The number of rotatable bonds is 5. The van der Waals surface area contributed by atoms with Crippen LogP contribution < -0.4 is 0 Å². The van der Waals surface area contributed by atoms with Gasteiger partial charge in [-0.1, -0.05) is 20.3 Å². The zero-order valence-electron chi connectivity index (χ0n) is 8.71. The number of carbonyl (C=O) groups excluding carboxylic acids is 1. The van der Waals surface area contributed by atoms with Crippen molar-refractivity contribution in [1.82, 2.24) is 4.90 Å². The van der Waals surface area contributed by atoms with E-state index < -0.39 is 0 Å². The molecule has 3 nitrogen and oxygen atoms in total. The van der Waals surface area contributed by atoms with E-state index in [4.69, 9.17) is 5.26 Å². The van der Waals surface area contributed by atoms with Gasteiger partial charge in [0.1, 0.15) is 6.54 Å². The predicted octanol–water partition coefficient (Wildman–Crippen LogP) is 1.79. The van der Waals surface area contributed by atoms with Gasteiger partial charge < -0.3 is 4.90 Å². The van der Waals surface area contributed by atoms with Gasteiger partial charge in [0.2, 0.25) is 5.91 Å². The zero-order valence-corrected chi connectivity index (χ0v) is 8.71. The van der Waals surface area contributed by atoms with Crippen molar-refractivity contribution in [1.29, 1.82) is 5.26 Å². The first-order valence-corrected chi connectivity index (χ1v) is 4.80. The molecule has 0 saturated heterocycles. The molecule has 74 valence electrons. The molecule has 0 aromatic carbocycles. The Labute approximate surface area is 80.3 Å². The lowest BCUT2D eigenvalue weighted by molar-refractivity contribution is -0.131. The van der Waals surface area contributed by atoms with Crippen molar-refractivity contribution >= 4 is 5.91 Å². The summed E-state index contributed by atoms with van der Waals surface area (Å²) in [7, 11) is 0. The van der Waals surface area contributed by atoms with Crippen molar-refractivity contribution in [2.24, 2.45) is 5.92 Å². The lowest BCUT2D eigenvalue weighted by Crippen LogP contribution is -2.32. The third-order valence-corrected chi connectivity index (χ3v) is 2.22. The molecular weight excluding hydrogens is 164 g/mol. The zero-order chi connectivity index (χ0) is 10.3.